The topological polar surface area (TPSA) is 37.8 Å². The molecule has 1 N–H and O–H groups in total. The lowest BCUT2D eigenvalue weighted by molar-refractivity contribution is 0.543. The van der Waals surface area contributed by atoms with Crippen LogP contribution in [0.4, 0.5) is 4.39 Å². The summed E-state index contributed by atoms with van der Waals surface area (Å²) in [5.41, 5.74) is 1.57. The van der Waals surface area contributed by atoms with E-state index in [4.69, 9.17) is 0 Å². The summed E-state index contributed by atoms with van der Waals surface area (Å²) < 4.78 is 13.6. The van der Waals surface area contributed by atoms with Crippen molar-refractivity contribution in [1.29, 1.82) is 0 Å². The molecule has 0 aliphatic rings. The molecule has 1 heterocycles. The molecule has 0 bridgehead atoms. The molecule has 3 nitrogen and oxygen atoms in total. The fourth-order valence-corrected chi connectivity index (χ4v) is 1.91. The van der Waals surface area contributed by atoms with Crippen LogP contribution in [0.3, 0.4) is 0 Å². The molecule has 0 saturated heterocycles. The third-order valence-corrected chi connectivity index (χ3v) is 2.88. The number of nitrogens with zero attached hydrogens (tertiary/aromatic N) is 2. The highest BCUT2D eigenvalue weighted by Crippen LogP contribution is 2.18. The van der Waals surface area contributed by atoms with Crippen LogP contribution in [0.2, 0.25) is 0 Å². The molecule has 0 radical (unpaired) electrons. The van der Waals surface area contributed by atoms with E-state index in [2.05, 4.69) is 15.3 Å². The molecule has 18 heavy (non-hydrogen) atoms. The minimum atomic E-state index is -0.177. The second-order valence-corrected chi connectivity index (χ2v) is 4.17. The smallest absolute Gasteiger partial charge is 0.126 e. The standard InChI is InChI=1S/C14H16FN3/c1-10-17-8-7-13(18-10)14(16-2)9-11-5-3-4-6-12(11)15/h3-8,14,16H,9H2,1-2H3. The molecule has 1 atom stereocenters. The Balaban J connectivity index is 2.23. The van der Waals surface area contributed by atoms with Crippen LogP contribution in [0.5, 0.6) is 0 Å². The van der Waals surface area contributed by atoms with Crippen molar-refractivity contribution in [1.82, 2.24) is 15.3 Å². The number of benzene rings is 1. The van der Waals surface area contributed by atoms with Gasteiger partial charge in [-0.25, -0.2) is 14.4 Å². The van der Waals surface area contributed by atoms with Crippen LogP contribution in [0.25, 0.3) is 0 Å². The first-order valence-electron chi connectivity index (χ1n) is 5.91. The number of nitrogens with one attached hydrogen (secondary N) is 1. The molecule has 2 aromatic rings. The first kappa shape index (κ1) is 12.6. The van der Waals surface area contributed by atoms with E-state index < -0.39 is 0 Å². The quantitative estimate of drug-likeness (QED) is 0.899. The average Bonchev–Trinajstić information content (AvgIpc) is 2.38. The Morgan fingerprint density at radius 2 is 2.06 bits per heavy atom. The summed E-state index contributed by atoms with van der Waals surface area (Å²) in [7, 11) is 1.85. The van der Waals surface area contributed by atoms with Gasteiger partial charge in [0.2, 0.25) is 0 Å². The summed E-state index contributed by atoms with van der Waals surface area (Å²) in [5.74, 6) is 0.546. The molecule has 1 unspecified atom stereocenters. The first-order chi connectivity index (χ1) is 8.70. The van der Waals surface area contributed by atoms with Crippen LogP contribution in [0, 0.1) is 12.7 Å². The zero-order valence-corrected chi connectivity index (χ0v) is 10.5. The van der Waals surface area contributed by atoms with Gasteiger partial charge in [0.1, 0.15) is 11.6 Å². The predicted octanol–water partition coefficient (Wildman–Crippen LogP) is 2.43. The first-order valence-corrected chi connectivity index (χ1v) is 5.91. The van der Waals surface area contributed by atoms with Crippen molar-refractivity contribution in [2.24, 2.45) is 0 Å². The highest BCUT2D eigenvalue weighted by molar-refractivity contribution is 5.21. The predicted molar refractivity (Wildman–Crippen MR) is 68.7 cm³/mol. The molecular weight excluding hydrogens is 229 g/mol. The summed E-state index contributed by atoms with van der Waals surface area (Å²) in [6.07, 6.45) is 2.29. The molecule has 0 aliphatic carbocycles. The van der Waals surface area contributed by atoms with E-state index in [-0.39, 0.29) is 11.9 Å². The maximum atomic E-state index is 13.6. The van der Waals surface area contributed by atoms with Gasteiger partial charge in [0, 0.05) is 6.20 Å². The van der Waals surface area contributed by atoms with Gasteiger partial charge in [0.05, 0.1) is 11.7 Å². The monoisotopic (exact) mass is 245 g/mol. The molecule has 1 aromatic carbocycles. The van der Waals surface area contributed by atoms with E-state index in [1.165, 1.54) is 6.07 Å². The van der Waals surface area contributed by atoms with Gasteiger partial charge in [-0.15, -0.1) is 0 Å². The average molecular weight is 245 g/mol. The summed E-state index contributed by atoms with van der Waals surface area (Å²) in [5, 5.41) is 3.16. The second-order valence-electron chi connectivity index (χ2n) is 4.17. The Kier molecular flexibility index (Phi) is 3.99. The Bertz CT molecular complexity index is 528. The highest BCUT2D eigenvalue weighted by Gasteiger charge is 2.13. The lowest BCUT2D eigenvalue weighted by atomic mass is 10.0. The molecule has 2 rings (SSSR count). The number of aromatic nitrogens is 2. The Morgan fingerprint density at radius 3 is 2.72 bits per heavy atom. The maximum Gasteiger partial charge on any atom is 0.126 e. The van der Waals surface area contributed by atoms with Crippen molar-refractivity contribution in [3.63, 3.8) is 0 Å². The molecule has 4 heteroatoms. The van der Waals surface area contributed by atoms with Crippen molar-refractivity contribution >= 4 is 0 Å². The number of hydrogen-bond acceptors (Lipinski definition) is 3. The van der Waals surface area contributed by atoms with Gasteiger partial charge < -0.3 is 5.32 Å². The van der Waals surface area contributed by atoms with Crippen molar-refractivity contribution in [3.8, 4) is 0 Å². The Hall–Kier alpha value is -1.81. The molecule has 0 saturated carbocycles. The van der Waals surface area contributed by atoms with Gasteiger partial charge in [0.15, 0.2) is 0 Å². The summed E-state index contributed by atoms with van der Waals surface area (Å²) in [4.78, 5) is 8.44. The van der Waals surface area contributed by atoms with Crippen LogP contribution in [0.15, 0.2) is 36.5 Å². The van der Waals surface area contributed by atoms with Gasteiger partial charge in [-0.1, -0.05) is 18.2 Å². The van der Waals surface area contributed by atoms with Crippen LogP contribution in [0.1, 0.15) is 23.1 Å². The molecule has 0 fully saturated rings. The molecule has 94 valence electrons. The number of aryl methyl sites for hydroxylation is 1. The van der Waals surface area contributed by atoms with E-state index in [1.54, 1.807) is 18.3 Å². The van der Waals surface area contributed by atoms with Crippen LogP contribution < -0.4 is 5.32 Å². The van der Waals surface area contributed by atoms with E-state index in [1.807, 2.05) is 26.1 Å². The third kappa shape index (κ3) is 2.90. The number of halogens is 1. The normalized spacial score (nSPS) is 12.4. The van der Waals surface area contributed by atoms with Crippen LogP contribution in [-0.4, -0.2) is 17.0 Å². The molecular formula is C14H16FN3. The van der Waals surface area contributed by atoms with Crippen molar-refractivity contribution in [2.45, 2.75) is 19.4 Å². The van der Waals surface area contributed by atoms with E-state index in [0.29, 0.717) is 12.0 Å². The molecule has 1 aromatic heterocycles. The van der Waals surface area contributed by atoms with Crippen molar-refractivity contribution in [2.75, 3.05) is 7.05 Å². The third-order valence-electron chi connectivity index (χ3n) is 2.88. The summed E-state index contributed by atoms with van der Waals surface area (Å²) >= 11 is 0. The second kappa shape index (κ2) is 5.69. The van der Waals surface area contributed by atoms with E-state index in [0.717, 1.165) is 11.5 Å². The van der Waals surface area contributed by atoms with E-state index in [9.17, 15) is 4.39 Å². The SMILES string of the molecule is CNC(Cc1ccccc1F)c1ccnc(C)n1. The molecule has 0 aliphatic heterocycles. The molecule has 0 amide bonds. The van der Waals surface area contributed by atoms with Crippen LogP contribution >= 0.6 is 0 Å². The minimum Gasteiger partial charge on any atom is -0.311 e. The fraction of sp³-hybridized carbons (Fsp3) is 0.286. The highest BCUT2D eigenvalue weighted by atomic mass is 19.1. The van der Waals surface area contributed by atoms with Crippen molar-refractivity contribution < 1.29 is 4.39 Å². The lowest BCUT2D eigenvalue weighted by Crippen LogP contribution is -2.21. The van der Waals surface area contributed by atoms with Gasteiger partial charge in [-0.05, 0) is 38.1 Å². The van der Waals surface area contributed by atoms with Gasteiger partial charge in [0.25, 0.3) is 0 Å². The van der Waals surface area contributed by atoms with Crippen LogP contribution in [-0.2, 0) is 6.42 Å². The van der Waals surface area contributed by atoms with Gasteiger partial charge in [-0.2, -0.15) is 0 Å². The van der Waals surface area contributed by atoms with Crippen molar-refractivity contribution in [3.05, 3.63) is 59.4 Å². The zero-order chi connectivity index (χ0) is 13.0. The number of likely N-dealkylation sites (N-methyl/N-ethyl adjacent to an activating group) is 1. The van der Waals surface area contributed by atoms with Gasteiger partial charge in [-0.3, -0.25) is 0 Å². The fourth-order valence-electron chi connectivity index (χ4n) is 1.91. The van der Waals surface area contributed by atoms with Gasteiger partial charge >= 0.3 is 0 Å². The van der Waals surface area contributed by atoms with E-state index >= 15 is 0 Å². The summed E-state index contributed by atoms with van der Waals surface area (Å²) in [6.45, 7) is 1.85. The number of hydrogen-bond donors (Lipinski definition) is 1. The largest absolute Gasteiger partial charge is 0.311 e. The number of rotatable bonds is 4. The maximum absolute atomic E-state index is 13.6. The minimum absolute atomic E-state index is 0.0106. The Labute approximate surface area is 106 Å². The summed E-state index contributed by atoms with van der Waals surface area (Å²) in [6, 6.07) is 8.66. The lowest BCUT2D eigenvalue weighted by Gasteiger charge is -2.16. The Morgan fingerprint density at radius 1 is 1.28 bits per heavy atom. The molecule has 0 spiro atoms. The zero-order valence-electron chi connectivity index (χ0n) is 10.5.